The zero-order valence-corrected chi connectivity index (χ0v) is 15.2. The Hall–Kier alpha value is -1.62. The second-order valence-electron chi connectivity index (χ2n) is 8.77. The highest BCUT2D eigenvalue weighted by molar-refractivity contribution is 5.88. The zero-order valence-electron chi connectivity index (χ0n) is 15.2. The molecular formula is C20H27N3O2. The summed E-state index contributed by atoms with van der Waals surface area (Å²) < 4.78 is 6.29. The molecule has 0 spiro atoms. The lowest BCUT2D eigenvalue weighted by atomic mass is 9.66. The summed E-state index contributed by atoms with van der Waals surface area (Å²) in [5, 5.41) is 0. The van der Waals surface area contributed by atoms with Crippen molar-refractivity contribution in [3.8, 4) is 0 Å². The highest BCUT2D eigenvalue weighted by atomic mass is 16.5. The van der Waals surface area contributed by atoms with Crippen molar-refractivity contribution in [3.05, 3.63) is 24.4 Å². The number of ether oxygens (including phenoxy) is 1. The van der Waals surface area contributed by atoms with E-state index in [1.165, 1.54) is 6.42 Å². The maximum atomic E-state index is 13.5. The van der Waals surface area contributed by atoms with Crippen molar-refractivity contribution >= 4 is 11.7 Å². The highest BCUT2D eigenvalue weighted by Gasteiger charge is 2.78. The van der Waals surface area contributed by atoms with Crippen LogP contribution in [0, 0.1) is 16.7 Å². The third kappa shape index (κ3) is 1.77. The first-order valence-electron chi connectivity index (χ1n) is 9.60. The summed E-state index contributed by atoms with van der Waals surface area (Å²) in [6.07, 6.45) is 5.15. The number of pyridine rings is 1. The van der Waals surface area contributed by atoms with Gasteiger partial charge in [0.25, 0.3) is 5.91 Å². The van der Waals surface area contributed by atoms with Crippen LogP contribution in [0.2, 0.25) is 0 Å². The Kier molecular flexibility index (Phi) is 3.10. The summed E-state index contributed by atoms with van der Waals surface area (Å²) >= 11 is 0. The van der Waals surface area contributed by atoms with E-state index in [0.717, 1.165) is 51.4 Å². The van der Waals surface area contributed by atoms with Gasteiger partial charge in [0.15, 0.2) is 5.60 Å². The molecule has 5 nitrogen and oxygen atoms in total. The van der Waals surface area contributed by atoms with Crippen LogP contribution in [0.1, 0.15) is 33.1 Å². The minimum Gasteiger partial charge on any atom is -0.364 e. The average Bonchev–Trinajstić information content (AvgIpc) is 3.13. The van der Waals surface area contributed by atoms with Crippen molar-refractivity contribution in [3.63, 3.8) is 0 Å². The average molecular weight is 341 g/mol. The van der Waals surface area contributed by atoms with Gasteiger partial charge in [0.2, 0.25) is 0 Å². The predicted octanol–water partition coefficient (Wildman–Crippen LogP) is 2.33. The smallest absolute Gasteiger partial charge is 0.255 e. The van der Waals surface area contributed by atoms with Crippen LogP contribution in [0.15, 0.2) is 24.4 Å². The number of piperazine rings is 1. The van der Waals surface area contributed by atoms with Gasteiger partial charge in [0.05, 0.1) is 6.61 Å². The molecule has 3 heterocycles. The number of rotatable bonds is 2. The molecule has 4 aliphatic rings. The van der Waals surface area contributed by atoms with Gasteiger partial charge in [-0.3, -0.25) is 4.79 Å². The highest BCUT2D eigenvalue weighted by Crippen LogP contribution is 2.75. The van der Waals surface area contributed by atoms with Crippen LogP contribution in [0.25, 0.3) is 0 Å². The molecule has 2 saturated heterocycles. The molecule has 2 saturated carbocycles. The Morgan fingerprint density at radius 2 is 2.04 bits per heavy atom. The Balaban J connectivity index is 1.34. The molecule has 5 heteroatoms. The fourth-order valence-electron chi connectivity index (χ4n) is 6.17. The second kappa shape index (κ2) is 4.97. The van der Waals surface area contributed by atoms with Crippen LogP contribution in [0.4, 0.5) is 5.82 Å². The molecule has 2 aliphatic carbocycles. The van der Waals surface area contributed by atoms with Crippen molar-refractivity contribution in [2.24, 2.45) is 16.7 Å². The molecular weight excluding hydrogens is 314 g/mol. The van der Waals surface area contributed by atoms with E-state index in [9.17, 15) is 4.79 Å². The van der Waals surface area contributed by atoms with Gasteiger partial charge in [-0.25, -0.2) is 4.98 Å². The first kappa shape index (κ1) is 15.6. The molecule has 134 valence electrons. The number of carbonyl (C=O) groups is 1. The molecule has 1 aromatic rings. The van der Waals surface area contributed by atoms with Crippen LogP contribution in [-0.2, 0) is 9.53 Å². The number of nitrogens with zero attached hydrogens (tertiary/aromatic N) is 3. The van der Waals surface area contributed by atoms with E-state index >= 15 is 0 Å². The van der Waals surface area contributed by atoms with E-state index in [2.05, 4.69) is 28.6 Å². The third-order valence-electron chi connectivity index (χ3n) is 8.08. The van der Waals surface area contributed by atoms with Crippen LogP contribution < -0.4 is 4.90 Å². The Morgan fingerprint density at radius 3 is 2.68 bits per heavy atom. The number of amides is 1. The normalized spacial score (nSPS) is 42.2. The minimum absolute atomic E-state index is 0.0138. The number of anilines is 1. The van der Waals surface area contributed by atoms with Gasteiger partial charge in [0, 0.05) is 43.2 Å². The van der Waals surface area contributed by atoms with E-state index < -0.39 is 5.60 Å². The Bertz CT molecular complexity index is 702. The number of hydrogen-bond acceptors (Lipinski definition) is 4. The first-order valence-corrected chi connectivity index (χ1v) is 9.60. The summed E-state index contributed by atoms with van der Waals surface area (Å²) in [6, 6.07) is 5.99. The summed E-state index contributed by atoms with van der Waals surface area (Å²) in [6.45, 7) is 8.64. The van der Waals surface area contributed by atoms with E-state index in [-0.39, 0.29) is 16.7 Å². The summed E-state index contributed by atoms with van der Waals surface area (Å²) in [5.41, 5.74) is -0.351. The van der Waals surface area contributed by atoms with Crippen molar-refractivity contribution in [1.29, 1.82) is 0 Å². The molecule has 4 atom stereocenters. The fourth-order valence-corrected chi connectivity index (χ4v) is 6.17. The van der Waals surface area contributed by atoms with Crippen molar-refractivity contribution in [2.45, 2.75) is 38.7 Å². The lowest BCUT2D eigenvalue weighted by Crippen LogP contribution is -2.60. The Morgan fingerprint density at radius 1 is 1.24 bits per heavy atom. The minimum atomic E-state index is -0.558. The van der Waals surface area contributed by atoms with E-state index in [1.807, 2.05) is 24.4 Å². The summed E-state index contributed by atoms with van der Waals surface area (Å²) in [4.78, 5) is 22.3. The predicted molar refractivity (Wildman–Crippen MR) is 95.3 cm³/mol. The van der Waals surface area contributed by atoms with Gasteiger partial charge in [0.1, 0.15) is 5.82 Å². The monoisotopic (exact) mass is 341 g/mol. The van der Waals surface area contributed by atoms with E-state index in [0.29, 0.717) is 5.92 Å². The van der Waals surface area contributed by atoms with Crippen molar-refractivity contribution < 1.29 is 9.53 Å². The first-order chi connectivity index (χ1) is 12.0. The largest absolute Gasteiger partial charge is 0.364 e. The van der Waals surface area contributed by atoms with Gasteiger partial charge in [-0.2, -0.15) is 0 Å². The zero-order chi connectivity index (χ0) is 17.3. The van der Waals surface area contributed by atoms with Gasteiger partial charge < -0.3 is 14.5 Å². The molecule has 1 aromatic heterocycles. The van der Waals surface area contributed by atoms with Gasteiger partial charge in [-0.15, -0.1) is 0 Å². The lowest BCUT2D eigenvalue weighted by molar-refractivity contribution is -0.167. The molecule has 2 aliphatic heterocycles. The molecule has 4 fully saturated rings. The van der Waals surface area contributed by atoms with Gasteiger partial charge in [-0.1, -0.05) is 19.9 Å². The SMILES string of the molecule is C[C@@]12CC[C@@H]3C[C@@]1(C(=O)N1CCN(c4ccccn4)CC1)OC[C@@]32C. The molecule has 0 radical (unpaired) electrons. The van der Waals surface area contributed by atoms with Gasteiger partial charge in [-0.05, 0) is 37.3 Å². The van der Waals surface area contributed by atoms with Crippen LogP contribution in [0.5, 0.6) is 0 Å². The maximum Gasteiger partial charge on any atom is 0.255 e. The van der Waals surface area contributed by atoms with E-state index in [4.69, 9.17) is 4.74 Å². The van der Waals surface area contributed by atoms with Crippen molar-refractivity contribution in [2.75, 3.05) is 37.7 Å². The second-order valence-corrected chi connectivity index (χ2v) is 8.77. The topological polar surface area (TPSA) is 45.7 Å². The molecule has 25 heavy (non-hydrogen) atoms. The molecule has 0 unspecified atom stereocenters. The maximum absolute atomic E-state index is 13.5. The van der Waals surface area contributed by atoms with Crippen molar-refractivity contribution in [1.82, 2.24) is 9.88 Å². The van der Waals surface area contributed by atoms with Crippen LogP contribution >= 0.6 is 0 Å². The summed E-state index contributed by atoms with van der Waals surface area (Å²) in [7, 11) is 0. The molecule has 5 rings (SSSR count). The number of carbonyl (C=O) groups excluding carboxylic acids is 1. The molecule has 0 N–H and O–H groups in total. The quantitative estimate of drug-likeness (QED) is 0.828. The van der Waals surface area contributed by atoms with Crippen LogP contribution in [0.3, 0.4) is 0 Å². The molecule has 4 bridgehead atoms. The molecule has 0 aromatic carbocycles. The Labute approximate surface area is 149 Å². The van der Waals surface area contributed by atoms with Crippen LogP contribution in [-0.4, -0.2) is 54.2 Å². The number of aromatic nitrogens is 1. The number of hydrogen-bond donors (Lipinski definition) is 0. The third-order valence-corrected chi connectivity index (χ3v) is 8.08. The standard InChI is InChI=1S/C20H27N3O2/c1-18-14-25-20(13-15(18)6-7-19(18,20)2)17(24)23-11-9-22(10-12-23)16-5-3-4-8-21-16/h3-5,8,15H,6-7,9-14H2,1-2H3/t15-,18+,19+,20+/m1/s1. The summed E-state index contributed by atoms with van der Waals surface area (Å²) in [5.74, 6) is 1.91. The molecule has 1 amide bonds. The van der Waals surface area contributed by atoms with Gasteiger partial charge >= 0.3 is 0 Å². The lowest BCUT2D eigenvalue weighted by Gasteiger charge is -2.45. The fraction of sp³-hybridized carbons (Fsp3) is 0.700. The van der Waals surface area contributed by atoms with E-state index in [1.54, 1.807) is 0 Å².